The average Bonchev–Trinajstić information content (AvgIpc) is 2.91. The van der Waals surface area contributed by atoms with Gasteiger partial charge in [-0.05, 0) is 18.4 Å². The number of hydrogen-bond donors (Lipinski definition) is 2. The molecule has 0 radical (unpaired) electrons. The molecule has 0 spiro atoms. The minimum absolute atomic E-state index is 0.108. The Kier molecular flexibility index (Phi) is 6.01. The molecule has 0 fully saturated rings. The van der Waals surface area contributed by atoms with Gasteiger partial charge in [0.05, 0.1) is 7.11 Å². The topological polar surface area (TPSA) is 84.5 Å². The molecular formula is C12H16N2O4S. The second-order valence-electron chi connectivity index (χ2n) is 3.83. The zero-order chi connectivity index (χ0) is 14.3. The molecule has 0 bridgehead atoms. The van der Waals surface area contributed by atoms with Gasteiger partial charge in [0.15, 0.2) is 0 Å². The molecule has 0 saturated heterocycles. The molecule has 1 rings (SSSR count). The van der Waals surface area contributed by atoms with Gasteiger partial charge in [-0.3, -0.25) is 9.59 Å². The second-order valence-corrected chi connectivity index (χ2v) is 4.61. The maximum absolute atomic E-state index is 11.6. The Hall–Kier alpha value is -1.89. The van der Waals surface area contributed by atoms with Gasteiger partial charge in [-0.25, -0.2) is 4.79 Å². The summed E-state index contributed by atoms with van der Waals surface area (Å²) in [6.07, 6.45) is 0.108. The van der Waals surface area contributed by atoms with Crippen LogP contribution < -0.4 is 10.6 Å². The van der Waals surface area contributed by atoms with Gasteiger partial charge >= 0.3 is 5.97 Å². The Balaban J connectivity index is 2.24. The Bertz CT molecular complexity index is 445. The number of esters is 1. The van der Waals surface area contributed by atoms with Crippen molar-refractivity contribution in [2.24, 2.45) is 0 Å². The molecule has 1 atom stereocenters. The van der Waals surface area contributed by atoms with Crippen molar-refractivity contribution in [2.45, 2.75) is 19.4 Å². The highest BCUT2D eigenvalue weighted by Crippen LogP contribution is 2.05. The average molecular weight is 284 g/mol. The number of thiophene rings is 1. The van der Waals surface area contributed by atoms with Gasteiger partial charge in [0.25, 0.3) is 5.91 Å². The van der Waals surface area contributed by atoms with Crippen molar-refractivity contribution in [1.29, 1.82) is 0 Å². The quantitative estimate of drug-likeness (QED) is 0.747. The molecule has 19 heavy (non-hydrogen) atoms. The molecule has 1 heterocycles. The van der Waals surface area contributed by atoms with E-state index in [0.29, 0.717) is 5.56 Å². The third-order valence-electron chi connectivity index (χ3n) is 2.35. The predicted molar refractivity (Wildman–Crippen MR) is 70.9 cm³/mol. The van der Waals surface area contributed by atoms with Crippen molar-refractivity contribution in [3.63, 3.8) is 0 Å². The van der Waals surface area contributed by atoms with Gasteiger partial charge in [0, 0.05) is 23.9 Å². The fourth-order valence-electron chi connectivity index (χ4n) is 1.33. The van der Waals surface area contributed by atoms with Crippen molar-refractivity contribution in [1.82, 2.24) is 10.6 Å². The van der Waals surface area contributed by atoms with Crippen molar-refractivity contribution >= 4 is 29.1 Å². The zero-order valence-corrected chi connectivity index (χ0v) is 11.6. The number of amides is 2. The second kappa shape index (κ2) is 7.52. The van der Waals surface area contributed by atoms with Gasteiger partial charge < -0.3 is 15.4 Å². The molecule has 104 valence electrons. The van der Waals surface area contributed by atoms with E-state index in [1.54, 1.807) is 16.8 Å². The summed E-state index contributed by atoms with van der Waals surface area (Å²) in [5.74, 6) is -1.03. The molecule has 6 nitrogen and oxygen atoms in total. The number of carbonyl (C=O) groups is 3. The molecule has 1 aromatic heterocycles. The van der Waals surface area contributed by atoms with Crippen LogP contribution in [0.5, 0.6) is 0 Å². The van der Waals surface area contributed by atoms with E-state index in [1.165, 1.54) is 25.4 Å². The van der Waals surface area contributed by atoms with E-state index in [-0.39, 0.29) is 24.8 Å². The van der Waals surface area contributed by atoms with Crippen LogP contribution in [-0.4, -0.2) is 37.5 Å². The number of hydrogen-bond acceptors (Lipinski definition) is 5. The minimum Gasteiger partial charge on any atom is -0.467 e. The van der Waals surface area contributed by atoms with Crippen LogP contribution >= 0.6 is 11.3 Å². The first kappa shape index (κ1) is 15.2. The third-order valence-corrected chi connectivity index (χ3v) is 3.04. The molecular weight excluding hydrogens is 268 g/mol. The molecule has 7 heteroatoms. The molecule has 0 saturated carbocycles. The lowest BCUT2D eigenvalue weighted by Gasteiger charge is -2.11. The lowest BCUT2D eigenvalue weighted by atomic mass is 10.3. The van der Waals surface area contributed by atoms with E-state index in [2.05, 4.69) is 15.4 Å². The Labute approximate surface area is 115 Å². The van der Waals surface area contributed by atoms with E-state index < -0.39 is 12.0 Å². The highest BCUT2D eigenvalue weighted by Gasteiger charge is 2.15. The zero-order valence-electron chi connectivity index (χ0n) is 10.8. The summed E-state index contributed by atoms with van der Waals surface area (Å²) in [4.78, 5) is 34.1. The van der Waals surface area contributed by atoms with Crippen molar-refractivity contribution < 1.29 is 19.1 Å². The fraction of sp³-hybridized carbons (Fsp3) is 0.417. The summed E-state index contributed by atoms with van der Waals surface area (Å²) in [5, 5.41) is 8.64. The molecule has 2 amide bonds. The summed E-state index contributed by atoms with van der Waals surface area (Å²) in [7, 11) is 1.26. The normalized spacial score (nSPS) is 11.5. The number of carbonyl (C=O) groups excluding carboxylic acids is 3. The smallest absolute Gasteiger partial charge is 0.328 e. The molecule has 0 unspecified atom stereocenters. The van der Waals surface area contributed by atoms with Crippen LogP contribution in [-0.2, 0) is 14.3 Å². The number of ether oxygens (including phenoxy) is 1. The first-order valence-electron chi connectivity index (χ1n) is 5.72. The summed E-state index contributed by atoms with van der Waals surface area (Å²) < 4.78 is 4.48. The Morgan fingerprint density at radius 2 is 2.16 bits per heavy atom. The molecule has 0 aliphatic carbocycles. The molecule has 0 aromatic carbocycles. The summed E-state index contributed by atoms with van der Waals surface area (Å²) in [5.41, 5.74) is 0.577. The first-order valence-corrected chi connectivity index (χ1v) is 6.66. The Morgan fingerprint density at radius 3 is 2.74 bits per heavy atom. The van der Waals surface area contributed by atoms with E-state index >= 15 is 0 Å². The van der Waals surface area contributed by atoms with Crippen LogP contribution in [0.25, 0.3) is 0 Å². The lowest BCUT2D eigenvalue weighted by Crippen LogP contribution is -2.40. The number of rotatable bonds is 6. The van der Waals surface area contributed by atoms with Crippen LogP contribution in [0.4, 0.5) is 0 Å². The summed E-state index contributed by atoms with van der Waals surface area (Å²) >= 11 is 1.43. The van der Waals surface area contributed by atoms with Crippen molar-refractivity contribution in [3.05, 3.63) is 22.4 Å². The van der Waals surface area contributed by atoms with Crippen LogP contribution in [0.15, 0.2) is 16.8 Å². The highest BCUT2D eigenvalue weighted by molar-refractivity contribution is 7.08. The summed E-state index contributed by atoms with van der Waals surface area (Å²) in [6, 6.07) is 1.02. The van der Waals surface area contributed by atoms with E-state index in [9.17, 15) is 14.4 Å². The van der Waals surface area contributed by atoms with Gasteiger partial charge in [0.1, 0.15) is 6.04 Å². The standard InChI is InChI=1S/C12H16N2O4S/c1-8(12(17)18-2)14-10(15)3-5-13-11(16)9-4-6-19-7-9/h4,6-8H,3,5H2,1-2H3,(H,13,16)(H,14,15)/t8-/m0/s1. The first-order chi connectivity index (χ1) is 9.04. The third kappa shape index (κ3) is 5.09. The van der Waals surface area contributed by atoms with Crippen molar-refractivity contribution in [3.8, 4) is 0 Å². The maximum Gasteiger partial charge on any atom is 0.328 e. The van der Waals surface area contributed by atoms with Crippen LogP contribution in [0.3, 0.4) is 0 Å². The van der Waals surface area contributed by atoms with Crippen LogP contribution in [0.2, 0.25) is 0 Å². The van der Waals surface area contributed by atoms with Gasteiger partial charge in [-0.15, -0.1) is 0 Å². The van der Waals surface area contributed by atoms with E-state index in [4.69, 9.17) is 0 Å². The van der Waals surface area contributed by atoms with Gasteiger partial charge in [0.2, 0.25) is 5.91 Å². The van der Waals surface area contributed by atoms with Crippen LogP contribution in [0.1, 0.15) is 23.7 Å². The van der Waals surface area contributed by atoms with Gasteiger partial charge in [-0.1, -0.05) is 0 Å². The minimum atomic E-state index is -0.690. The van der Waals surface area contributed by atoms with E-state index in [0.717, 1.165) is 0 Å². The molecule has 0 aliphatic heterocycles. The molecule has 1 aromatic rings. The monoisotopic (exact) mass is 284 g/mol. The van der Waals surface area contributed by atoms with Crippen LogP contribution in [0, 0.1) is 0 Å². The van der Waals surface area contributed by atoms with Crippen molar-refractivity contribution in [2.75, 3.05) is 13.7 Å². The number of methoxy groups -OCH3 is 1. The highest BCUT2D eigenvalue weighted by atomic mass is 32.1. The fourth-order valence-corrected chi connectivity index (χ4v) is 1.97. The largest absolute Gasteiger partial charge is 0.467 e. The maximum atomic E-state index is 11.6. The summed E-state index contributed by atoms with van der Waals surface area (Å²) in [6.45, 7) is 1.75. The van der Waals surface area contributed by atoms with Gasteiger partial charge in [-0.2, -0.15) is 11.3 Å². The molecule has 0 aliphatic rings. The molecule has 2 N–H and O–H groups in total. The number of nitrogens with one attached hydrogen (secondary N) is 2. The lowest BCUT2D eigenvalue weighted by molar-refractivity contribution is -0.144. The predicted octanol–water partition coefficient (Wildman–Crippen LogP) is 0.546. The van der Waals surface area contributed by atoms with E-state index in [1.807, 2.05) is 0 Å². The SMILES string of the molecule is COC(=O)[C@H](C)NC(=O)CCNC(=O)c1ccsc1. The Morgan fingerprint density at radius 1 is 1.42 bits per heavy atom.